The van der Waals surface area contributed by atoms with Crippen molar-refractivity contribution < 1.29 is 26.4 Å². The van der Waals surface area contributed by atoms with Crippen LogP contribution in [0, 0.1) is 0 Å². The lowest BCUT2D eigenvalue weighted by atomic mass is 9.99. The first-order chi connectivity index (χ1) is 16.6. The highest BCUT2D eigenvalue weighted by molar-refractivity contribution is 7.93. The van der Waals surface area contributed by atoms with Crippen LogP contribution in [0.25, 0.3) is 6.08 Å². The van der Waals surface area contributed by atoms with Crippen LogP contribution in [0.4, 0.5) is 10.5 Å². The zero-order valence-corrected chi connectivity index (χ0v) is 21.3. The third kappa shape index (κ3) is 6.85. The first-order valence-corrected chi connectivity index (χ1v) is 15.3. The molecule has 2 N–H and O–H groups in total. The zero-order valence-electron chi connectivity index (χ0n) is 19.7. The number of sulfonamides is 1. The molecule has 10 heteroatoms. The van der Waals surface area contributed by atoms with Crippen LogP contribution in [-0.4, -0.2) is 41.5 Å². The Hall–Kier alpha value is -2.85. The first kappa shape index (κ1) is 25.2. The van der Waals surface area contributed by atoms with E-state index in [9.17, 15) is 21.6 Å². The number of hydrogen-bond acceptors (Lipinski definition) is 6. The molecule has 188 valence electrons. The second-order valence-corrected chi connectivity index (χ2v) is 12.9. The molecule has 2 aliphatic rings. The van der Waals surface area contributed by atoms with Gasteiger partial charge in [0.15, 0.2) is 0 Å². The Morgan fingerprint density at radius 3 is 2.20 bits per heavy atom. The van der Waals surface area contributed by atoms with Crippen LogP contribution in [0.15, 0.2) is 35.7 Å². The molecule has 0 aromatic heterocycles. The Bertz CT molecular complexity index is 1320. The quantitative estimate of drug-likeness (QED) is 0.490. The number of amides is 2. The van der Waals surface area contributed by atoms with Crippen molar-refractivity contribution in [3.8, 4) is 5.75 Å². The molecule has 0 saturated carbocycles. The summed E-state index contributed by atoms with van der Waals surface area (Å²) in [6.07, 6.45) is 8.81. The van der Waals surface area contributed by atoms with Gasteiger partial charge in [-0.25, -0.2) is 26.4 Å². The van der Waals surface area contributed by atoms with E-state index in [1.165, 1.54) is 23.5 Å². The van der Waals surface area contributed by atoms with Crippen molar-refractivity contribution in [2.75, 3.05) is 23.9 Å². The molecule has 0 spiro atoms. The Morgan fingerprint density at radius 2 is 1.60 bits per heavy atom. The summed E-state index contributed by atoms with van der Waals surface area (Å²) in [6.45, 7) is 0.267. The molecular weight excluding hydrogens is 488 g/mol. The maximum Gasteiger partial charge on any atom is 0.333 e. The van der Waals surface area contributed by atoms with Gasteiger partial charge in [-0.1, -0.05) is 18.2 Å². The van der Waals surface area contributed by atoms with Gasteiger partial charge in [-0.3, -0.25) is 0 Å². The van der Waals surface area contributed by atoms with Crippen LogP contribution in [0.3, 0.4) is 0 Å². The molecule has 0 bridgehead atoms. The molecular formula is C25H30N2O6S2. The van der Waals surface area contributed by atoms with Crippen molar-refractivity contribution in [2.45, 2.75) is 44.9 Å². The fraction of sp³-hybridized carbons (Fsp3) is 0.400. The molecule has 0 atom stereocenters. The van der Waals surface area contributed by atoms with Gasteiger partial charge in [-0.05, 0) is 91.0 Å². The lowest BCUT2D eigenvalue weighted by Crippen LogP contribution is -2.33. The predicted molar refractivity (Wildman–Crippen MR) is 137 cm³/mol. The number of ether oxygens (including phenoxy) is 1. The van der Waals surface area contributed by atoms with Crippen LogP contribution in [0.5, 0.6) is 5.75 Å². The van der Waals surface area contributed by atoms with E-state index in [1.807, 2.05) is 0 Å². The van der Waals surface area contributed by atoms with E-state index >= 15 is 0 Å². The van der Waals surface area contributed by atoms with Crippen LogP contribution >= 0.6 is 0 Å². The largest absolute Gasteiger partial charge is 0.494 e. The number of benzene rings is 2. The second-order valence-electron chi connectivity index (χ2n) is 9.04. The molecule has 0 radical (unpaired) electrons. The van der Waals surface area contributed by atoms with Crippen LogP contribution in [0.2, 0.25) is 0 Å². The monoisotopic (exact) mass is 518 g/mol. The third-order valence-corrected chi connectivity index (χ3v) is 8.19. The van der Waals surface area contributed by atoms with Gasteiger partial charge in [0, 0.05) is 11.9 Å². The minimum absolute atomic E-state index is 0.0570. The third-order valence-electron chi connectivity index (χ3n) is 6.19. The van der Waals surface area contributed by atoms with E-state index in [-0.39, 0.29) is 12.4 Å². The fourth-order valence-electron chi connectivity index (χ4n) is 4.62. The highest BCUT2D eigenvalue weighted by atomic mass is 32.2. The van der Waals surface area contributed by atoms with E-state index in [4.69, 9.17) is 4.74 Å². The summed E-state index contributed by atoms with van der Waals surface area (Å²) in [5.41, 5.74) is 6.17. The first-order valence-electron chi connectivity index (χ1n) is 11.7. The lowest BCUT2D eigenvalue weighted by Gasteiger charge is -2.16. The molecule has 0 fully saturated rings. The molecule has 2 amide bonds. The van der Waals surface area contributed by atoms with Crippen LogP contribution in [0.1, 0.15) is 47.1 Å². The Kier molecular flexibility index (Phi) is 7.51. The van der Waals surface area contributed by atoms with E-state index in [1.54, 1.807) is 24.3 Å². The van der Waals surface area contributed by atoms with E-state index < -0.39 is 25.9 Å². The Balaban J connectivity index is 1.34. The summed E-state index contributed by atoms with van der Waals surface area (Å²) in [5, 5.41) is 3.77. The van der Waals surface area contributed by atoms with Crippen molar-refractivity contribution in [3.63, 3.8) is 0 Å². The average Bonchev–Trinajstić information content (AvgIpc) is 3.44. The second kappa shape index (κ2) is 10.4. The fourth-order valence-corrected chi connectivity index (χ4v) is 5.98. The molecule has 2 aliphatic carbocycles. The number of rotatable bonds is 9. The highest BCUT2D eigenvalue weighted by Gasteiger charge is 2.25. The van der Waals surface area contributed by atoms with Crippen LogP contribution < -0.4 is 14.8 Å². The van der Waals surface area contributed by atoms with Crippen molar-refractivity contribution in [3.05, 3.63) is 63.6 Å². The summed E-state index contributed by atoms with van der Waals surface area (Å²) in [6, 6.07) is 8.18. The molecule has 0 unspecified atom stereocenters. The highest BCUT2D eigenvalue weighted by Crippen LogP contribution is 2.38. The molecule has 0 heterocycles. The van der Waals surface area contributed by atoms with E-state index in [0.29, 0.717) is 17.7 Å². The number of fused-ring (bicyclic) bond motifs is 2. The molecule has 0 saturated heterocycles. The molecule has 4 rings (SSSR count). The molecule has 8 nitrogen and oxygen atoms in total. The van der Waals surface area contributed by atoms with Gasteiger partial charge in [0.1, 0.15) is 15.6 Å². The number of aryl methyl sites for hydroxylation is 2. The number of anilines is 1. The number of nitrogens with one attached hydrogen (secondary N) is 2. The topological polar surface area (TPSA) is 119 Å². The minimum atomic E-state index is -4.00. The lowest BCUT2D eigenvalue weighted by molar-refractivity contribution is 0.256. The van der Waals surface area contributed by atoms with E-state index in [0.717, 1.165) is 60.7 Å². The summed E-state index contributed by atoms with van der Waals surface area (Å²) in [7, 11) is -7.02. The van der Waals surface area contributed by atoms with Gasteiger partial charge < -0.3 is 10.1 Å². The van der Waals surface area contributed by atoms with Gasteiger partial charge in [-0.15, -0.1) is 0 Å². The maximum atomic E-state index is 12.6. The number of hydrogen-bond donors (Lipinski definition) is 2. The van der Waals surface area contributed by atoms with Crippen molar-refractivity contribution >= 4 is 37.7 Å². The molecule has 0 aliphatic heterocycles. The zero-order chi connectivity index (χ0) is 25.1. The van der Waals surface area contributed by atoms with E-state index in [2.05, 4.69) is 16.1 Å². The van der Waals surface area contributed by atoms with Crippen molar-refractivity contribution in [2.24, 2.45) is 0 Å². The van der Waals surface area contributed by atoms with Gasteiger partial charge in [0.2, 0.25) is 0 Å². The molecule has 2 aromatic rings. The van der Waals surface area contributed by atoms with Gasteiger partial charge in [0.05, 0.1) is 17.8 Å². The maximum absolute atomic E-state index is 12.6. The van der Waals surface area contributed by atoms with Gasteiger partial charge >= 0.3 is 6.03 Å². The smallest absolute Gasteiger partial charge is 0.333 e. The standard InChI is InChI=1S/C25H30N2O6S2/c1-34(29,30)15-4-14-33-21-11-9-18(10-12-21)13-16-35(31,32)27-25(28)26-24-22-7-2-5-19(22)17-20-6-3-8-23(20)24/h9-13,16-17H,2-8,14-15H2,1H3,(H2,26,27,28)/b16-13+. The van der Waals surface area contributed by atoms with Crippen molar-refractivity contribution in [1.29, 1.82) is 0 Å². The Morgan fingerprint density at radius 1 is 0.971 bits per heavy atom. The minimum Gasteiger partial charge on any atom is -0.494 e. The number of carbonyl (C=O) groups is 1. The summed E-state index contributed by atoms with van der Waals surface area (Å²) >= 11 is 0. The summed E-state index contributed by atoms with van der Waals surface area (Å²) < 4.78 is 54.8. The Labute approximate surface area is 206 Å². The van der Waals surface area contributed by atoms with Gasteiger partial charge in [-0.2, -0.15) is 0 Å². The SMILES string of the molecule is CS(=O)(=O)CCCOc1ccc(/C=C/S(=O)(=O)NC(=O)Nc2c3c(cc4c2CCC4)CCC3)cc1. The van der Waals surface area contributed by atoms with Gasteiger partial charge in [0.25, 0.3) is 10.0 Å². The van der Waals surface area contributed by atoms with Crippen molar-refractivity contribution in [1.82, 2.24) is 4.72 Å². The predicted octanol–water partition coefficient (Wildman–Crippen LogP) is 3.60. The summed E-state index contributed by atoms with van der Waals surface area (Å²) in [5.74, 6) is 0.612. The average molecular weight is 519 g/mol. The van der Waals surface area contributed by atoms with Crippen LogP contribution in [-0.2, 0) is 45.5 Å². The summed E-state index contributed by atoms with van der Waals surface area (Å²) in [4.78, 5) is 12.6. The number of sulfone groups is 1. The normalized spacial score (nSPS) is 15.1. The number of urea groups is 1. The molecule has 35 heavy (non-hydrogen) atoms. The molecule has 2 aromatic carbocycles. The number of carbonyl (C=O) groups excluding carboxylic acids is 1.